The van der Waals surface area contributed by atoms with Crippen LogP contribution in [0.2, 0.25) is 0 Å². The lowest BCUT2D eigenvalue weighted by Crippen LogP contribution is -2.48. The first-order valence-corrected chi connectivity index (χ1v) is 7.99. The van der Waals surface area contributed by atoms with Gasteiger partial charge in [-0.2, -0.15) is 0 Å². The van der Waals surface area contributed by atoms with Crippen LogP contribution in [0.1, 0.15) is 12.5 Å². The Morgan fingerprint density at radius 3 is 2.74 bits per heavy atom. The molecule has 0 unspecified atom stereocenters. The standard InChI is InChI=1S/C17H22N4O2/c1-2-14-4-3-5-15(12-14)21-7-6-18-17(21)20-10-8-19(9-11-20)13-16(22)23/h3-7,12H,2,8-11,13H2,1H3,(H,22,23). The third-order valence-corrected chi connectivity index (χ3v) is 4.23. The predicted octanol–water partition coefficient (Wildman–Crippen LogP) is 1.64. The van der Waals surface area contributed by atoms with Crippen LogP contribution < -0.4 is 4.90 Å². The maximum atomic E-state index is 10.8. The van der Waals surface area contributed by atoms with Crippen molar-refractivity contribution in [1.82, 2.24) is 14.5 Å². The molecule has 6 nitrogen and oxygen atoms in total. The number of nitrogens with zero attached hydrogens (tertiary/aromatic N) is 4. The SMILES string of the molecule is CCc1cccc(-n2ccnc2N2CCN(CC(=O)O)CC2)c1. The average molecular weight is 314 g/mol. The van der Waals surface area contributed by atoms with E-state index < -0.39 is 5.97 Å². The number of benzene rings is 1. The number of carboxylic acids is 1. The van der Waals surface area contributed by atoms with Gasteiger partial charge >= 0.3 is 5.97 Å². The minimum atomic E-state index is -0.767. The number of hydrogen-bond donors (Lipinski definition) is 1. The van der Waals surface area contributed by atoms with Crippen LogP contribution in [-0.2, 0) is 11.2 Å². The smallest absolute Gasteiger partial charge is 0.317 e. The van der Waals surface area contributed by atoms with E-state index in [1.165, 1.54) is 5.56 Å². The molecule has 1 aliphatic heterocycles. The fourth-order valence-electron chi connectivity index (χ4n) is 2.95. The Morgan fingerprint density at radius 2 is 2.04 bits per heavy atom. The Kier molecular flexibility index (Phi) is 4.62. The highest BCUT2D eigenvalue weighted by molar-refractivity contribution is 5.69. The molecular formula is C17H22N4O2. The van der Waals surface area contributed by atoms with E-state index in [1.54, 1.807) is 0 Å². The molecule has 0 amide bonds. The first kappa shape index (κ1) is 15.6. The van der Waals surface area contributed by atoms with Crippen molar-refractivity contribution in [2.45, 2.75) is 13.3 Å². The molecule has 0 spiro atoms. The van der Waals surface area contributed by atoms with Gasteiger partial charge < -0.3 is 10.0 Å². The van der Waals surface area contributed by atoms with Gasteiger partial charge in [0.05, 0.1) is 6.54 Å². The Hall–Kier alpha value is -2.34. The summed E-state index contributed by atoms with van der Waals surface area (Å²) in [6.45, 7) is 5.33. The number of hydrogen-bond acceptors (Lipinski definition) is 4. The van der Waals surface area contributed by atoms with Gasteiger partial charge in [0.1, 0.15) is 0 Å². The lowest BCUT2D eigenvalue weighted by molar-refractivity contribution is -0.138. The second kappa shape index (κ2) is 6.83. The van der Waals surface area contributed by atoms with Crippen molar-refractivity contribution in [2.75, 3.05) is 37.6 Å². The molecule has 0 atom stereocenters. The number of carbonyl (C=O) groups is 1. The molecule has 23 heavy (non-hydrogen) atoms. The van der Waals surface area contributed by atoms with E-state index in [9.17, 15) is 4.79 Å². The van der Waals surface area contributed by atoms with Crippen LogP contribution in [-0.4, -0.2) is 58.3 Å². The maximum Gasteiger partial charge on any atom is 0.317 e. The lowest BCUT2D eigenvalue weighted by Gasteiger charge is -2.34. The molecule has 1 fully saturated rings. The Morgan fingerprint density at radius 1 is 1.26 bits per heavy atom. The Balaban J connectivity index is 1.75. The summed E-state index contributed by atoms with van der Waals surface area (Å²) >= 11 is 0. The molecule has 1 N–H and O–H groups in total. The molecule has 2 aromatic rings. The van der Waals surface area contributed by atoms with Crippen molar-refractivity contribution < 1.29 is 9.90 Å². The van der Waals surface area contributed by atoms with Gasteiger partial charge in [0, 0.05) is 44.3 Å². The lowest BCUT2D eigenvalue weighted by atomic mass is 10.1. The topological polar surface area (TPSA) is 61.6 Å². The van der Waals surface area contributed by atoms with Crippen molar-refractivity contribution in [3.8, 4) is 5.69 Å². The van der Waals surface area contributed by atoms with E-state index in [0.717, 1.165) is 44.2 Å². The van der Waals surface area contributed by atoms with Gasteiger partial charge in [-0.05, 0) is 24.1 Å². The van der Waals surface area contributed by atoms with E-state index in [2.05, 4.69) is 45.6 Å². The van der Waals surface area contributed by atoms with Crippen LogP contribution >= 0.6 is 0 Å². The normalized spacial score (nSPS) is 15.8. The minimum absolute atomic E-state index is 0.112. The zero-order valence-electron chi connectivity index (χ0n) is 13.4. The second-order valence-corrected chi connectivity index (χ2v) is 5.78. The maximum absolute atomic E-state index is 10.8. The van der Waals surface area contributed by atoms with Crippen molar-refractivity contribution in [1.29, 1.82) is 0 Å². The Bertz CT molecular complexity index is 675. The summed E-state index contributed by atoms with van der Waals surface area (Å²) in [5, 5.41) is 8.89. The summed E-state index contributed by atoms with van der Waals surface area (Å²) in [5.41, 5.74) is 2.42. The number of aryl methyl sites for hydroxylation is 1. The molecule has 1 aromatic heterocycles. The van der Waals surface area contributed by atoms with Crippen LogP contribution in [0.3, 0.4) is 0 Å². The number of carboxylic acid groups (broad SMARTS) is 1. The summed E-state index contributed by atoms with van der Waals surface area (Å²) < 4.78 is 2.10. The summed E-state index contributed by atoms with van der Waals surface area (Å²) in [4.78, 5) is 19.5. The van der Waals surface area contributed by atoms with Crippen LogP contribution in [0.25, 0.3) is 5.69 Å². The van der Waals surface area contributed by atoms with Gasteiger partial charge in [-0.1, -0.05) is 19.1 Å². The molecule has 0 aliphatic carbocycles. The summed E-state index contributed by atoms with van der Waals surface area (Å²) in [7, 11) is 0. The van der Waals surface area contributed by atoms with Gasteiger partial charge in [-0.25, -0.2) is 4.98 Å². The number of aliphatic carboxylic acids is 1. The third-order valence-electron chi connectivity index (χ3n) is 4.23. The number of rotatable bonds is 5. The summed E-state index contributed by atoms with van der Waals surface area (Å²) in [6, 6.07) is 8.48. The first-order valence-electron chi connectivity index (χ1n) is 7.99. The van der Waals surface area contributed by atoms with Gasteiger partial charge in [0.2, 0.25) is 5.95 Å². The summed E-state index contributed by atoms with van der Waals surface area (Å²) in [5.74, 6) is 0.157. The average Bonchev–Trinajstić information content (AvgIpc) is 3.05. The molecule has 1 aromatic carbocycles. The van der Waals surface area contributed by atoms with Crippen LogP contribution in [0.4, 0.5) is 5.95 Å². The molecule has 0 radical (unpaired) electrons. The molecule has 6 heteroatoms. The highest BCUT2D eigenvalue weighted by Crippen LogP contribution is 2.20. The zero-order valence-corrected chi connectivity index (χ0v) is 13.4. The molecule has 1 aliphatic rings. The molecule has 0 bridgehead atoms. The van der Waals surface area contributed by atoms with Gasteiger partial charge in [0.15, 0.2) is 0 Å². The fraction of sp³-hybridized carbons (Fsp3) is 0.412. The number of aromatic nitrogens is 2. The highest BCUT2D eigenvalue weighted by Gasteiger charge is 2.21. The zero-order chi connectivity index (χ0) is 16.2. The molecular weight excluding hydrogens is 292 g/mol. The minimum Gasteiger partial charge on any atom is -0.480 e. The number of imidazole rings is 1. The van der Waals surface area contributed by atoms with E-state index in [0.29, 0.717) is 0 Å². The fourth-order valence-corrected chi connectivity index (χ4v) is 2.95. The van der Waals surface area contributed by atoms with Crippen LogP contribution in [0.15, 0.2) is 36.7 Å². The van der Waals surface area contributed by atoms with Crippen molar-refractivity contribution in [3.63, 3.8) is 0 Å². The van der Waals surface area contributed by atoms with E-state index in [4.69, 9.17) is 5.11 Å². The third kappa shape index (κ3) is 3.53. The highest BCUT2D eigenvalue weighted by atomic mass is 16.4. The van der Waals surface area contributed by atoms with Crippen LogP contribution in [0.5, 0.6) is 0 Å². The van der Waals surface area contributed by atoms with Gasteiger partial charge in [0.25, 0.3) is 0 Å². The quantitative estimate of drug-likeness (QED) is 0.909. The molecule has 3 rings (SSSR count). The number of anilines is 1. The molecule has 122 valence electrons. The Labute approximate surface area is 136 Å². The van der Waals surface area contributed by atoms with Gasteiger partial charge in [-0.3, -0.25) is 14.3 Å². The van der Waals surface area contributed by atoms with E-state index >= 15 is 0 Å². The van der Waals surface area contributed by atoms with E-state index in [1.807, 2.05) is 17.3 Å². The molecule has 0 saturated carbocycles. The largest absolute Gasteiger partial charge is 0.480 e. The van der Waals surface area contributed by atoms with Gasteiger partial charge in [-0.15, -0.1) is 0 Å². The number of piperazine rings is 1. The molecule has 1 saturated heterocycles. The first-order chi connectivity index (χ1) is 11.2. The van der Waals surface area contributed by atoms with Crippen LogP contribution in [0, 0.1) is 0 Å². The van der Waals surface area contributed by atoms with Crippen molar-refractivity contribution in [2.24, 2.45) is 0 Å². The van der Waals surface area contributed by atoms with Crippen molar-refractivity contribution in [3.05, 3.63) is 42.2 Å². The second-order valence-electron chi connectivity index (χ2n) is 5.78. The van der Waals surface area contributed by atoms with Crippen molar-refractivity contribution >= 4 is 11.9 Å². The van der Waals surface area contributed by atoms with E-state index in [-0.39, 0.29) is 6.54 Å². The molecule has 2 heterocycles. The monoisotopic (exact) mass is 314 g/mol. The predicted molar refractivity (Wildman–Crippen MR) is 89.2 cm³/mol. The summed E-state index contributed by atoms with van der Waals surface area (Å²) in [6.07, 6.45) is 4.80.